The van der Waals surface area contributed by atoms with E-state index in [0.29, 0.717) is 23.6 Å². The largest absolute Gasteiger partial charge is 0.384 e. The van der Waals surface area contributed by atoms with Crippen molar-refractivity contribution in [3.05, 3.63) is 36.4 Å². The summed E-state index contributed by atoms with van der Waals surface area (Å²) in [5.41, 5.74) is 4.04. The van der Waals surface area contributed by atoms with Crippen LogP contribution in [0.4, 0.5) is 10.3 Å². The molecule has 0 radical (unpaired) electrons. The summed E-state index contributed by atoms with van der Waals surface area (Å²) in [6.07, 6.45) is 5.86. The van der Waals surface area contributed by atoms with Crippen molar-refractivity contribution < 1.29 is 9.13 Å². The monoisotopic (exact) mass is 409 g/mol. The van der Waals surface area contributed by atoms with Crippen LogP contribution in [0.5, 0.6) is 0 Å². The van der Waals surface area contributed by atoms with E-state index in [2.05, 4.69) is 20.4 Å². The van der Waals surface area contributed by atoms with Crippen molar-refractivity contribution in [1.29, 1.82) is 0 Å². The number of rotatable bonds is 7. The Morgan fingerprint density at radius 2 is 2.10 bits per heavy atom. The number of aryl methyl sites for hydroxylation is 2. The molecule has 1 fully saturated rings. The van der Waals surface area contributed by atoms with Crippen molar-refractivity contribution in [3.8, 4) is 11.3 Å². The number of ether oxygens (including phenoxy) is 1. The van der Waals surface area contributed by atoms with Crippen molar-refractivity contribution >= 4 is 22.6 Å². The van der Waals surface area contributed by atoms with Crippen molar-refractivity contribution in [3.63, 3.8) is 0 Å². The molecule has 1 aliphatic carbocycles. The van der Waals surface area contributed by atoms with Gasteiger partial charge in [0.15, 0.2) is 5.65 Å². The molecule has 0 saturated heterocycles. The van der Waals surface area contributed by atoms with E-state index in [1.54, 1.807) is 7.11 Å². The maximum atomic E-state index is 13.0. The zero-order chi connectivity index (χ0) is 20.7. The van der Waals surface area contributed by atoms with Crippen molar-refractivity contribution in [1.82, 2.24) is 29.1 Å². The highest BCUT2D eigenvalue weighted by molar-refractivity contribution is 5.82. The summed E-state index contributed by atoms with van der Waals surface area (Å²) in [4.78, 5) is 13.7. The number of aromatic nitrogens is 6. The second-order valence-corrected chi connectivity index (χ2v) is 7.81. The van der Waals surface area contributed by atoms with Crippen LogP contribution in [0.15, 0.2) is 30.6 Å². The zero-order valence-corrected chi connectivity index (χ0v) is 17.0. The second-order valence-electron chi connectivity index (χ2n) is 7.81. The molecule has 0 aromatic carbocycles. The molecule has 1 saturated carbocycles. The number of hydrogen-bond donors (Lipinski definition) is 1. The number of halogens is 1. The second kappa shape index (κ2) is 7.64. The summed E-state index contributed by atoms with van der Waals surface area (Å²) in [6, 6.07) is 6.22. The van der Waals surface area contributed by atoms with Gasteiger partial charge in [-0.3, -0.25) is 0 Å². The minimum absolute atomic E-state index is 0.250. The average Bonchev–Trinajstić information content (AvgIpc) is 3.27. The molecule has 4 aromatic heterocycles. The molecule has 5 rings (SSSR count). The van der Waals surface area contributed by atoms with E-state index in [-0.39, 0.29) is 6.54 Å². The minimum atomic E-state index is -0.454. The van der Waals surface area contributed by atoms with Gasteiger partial charge < -0.3 is 14.6 Å². The molecule has 156 valence electrons. The first kappa shape index (κ1) is 18.9. The topological polar surface area (TPSA) is 82.2 Å². The van der Waals surface area contributed by atoms with Crippen molar-refractivity contribution in [2.24, 2.45) is 5.92 Å². The summed E-state index contributed by atoms with van der Waals surface area (Å²) in [5, 5.41) is 7.99. The first-order valence-corrected chi connectivity index (χ1v) is 10.2. The van der Waals surface area contributed by atoms with Crippen LogP contribution in [0, 0.1) is 12.8 Å². The average molecular weight is 409 g/mol. The Kier molecular flexibility index (Phi) is 4.82. The molecule has 8 nitrogen and oxygen atoms in total. The fourth-order valence-electron chi connectivity index (χ4n) is 4.21. The van der Waals surface area contributed by atoms with Gasteiger partial charge in [0.2, 0.25) is 5.95 Å². The highest BCUT2D eigenvalue weighted by Crippen LogP contribution is 2.30. The van der Waals surface area contributed by atoms with Crippen LogP contribution < -0.4 is 5.32 Å². The molecule has 0 atom stereocenters. The van der Waals surface area contributed by atoms with Gasteiger partial charge in [0, 0.05) is 31.5 Å². The SMILES string of the molecule is COC[C@H]1C[C@H](Nc2ncc3c(-c4ccc5nc(C)n(CCF)c5n4)ccn3n2)C1. The highest BCUT2D eigenvalue weighted by atomic mass is 19.1. The number of imidazole rings is 1. The number of anilines is 1. The van der Waals surface area contributed by atoms with E-state index in [1.165, 1.54) is 0 Å². The molecule has 0 aliphatic heterocycles. The van der Waals surface area contributed by atoms with Gasteiger partial charge in [0.25, 0.3) is 0 Å². The molecular weight excluding hydrogens is 385 g/mol. The van der Waals surface area contributed by atoms with Gasteiger partial charge in [-0.2, -0.15) is 0 Å². The first-order chi connectivity index (χ1) is 14.7. The van der Waals surface area contributed by atoms with E-state index >= 15 is 0 Å². The molecule has 0 unspecified atom stereocenters. The van der Waals surface area contributed by atoms with E-state index in [1.807, 2.05) is 46.6 Å². The van der Waals surface area contributed by atoms with Gasteiger partial charge in [-0.05, 0) is 43.9 Å². The summed E-state index contributed by atoms with van der Waals surface area (Å²) in [7, 11) is 1.74. The summed E-state index contributed by atoms with van der Waals surface area (Å²) >= 11 is 0. The van der Waals surface area contributed by atoms with Crippen LogP contribution in [-0.2, 0) is 11.3 Å². The Balaban J connectivity index is 1.42. The van der Waals surface area contributed by atoms with E-state index in [9.17, 15) is 4.39 Å². The van der Waals surface area contributed by atoms with Gasteiger partial charge in [0.1, 0.15) is 18.0 Å². The number of pyridine rings is 1. The lowest BCUT2D eigenvalue weighted by atomic mass is 9.81. The van der Waals surface area contributed by atoms with Crippen LogP contribution >= 0.6 is 0 Å². The van der Waals surface area contributed by atoms with Crippen LogP contribution in [0.3, 0.4) is 0 Å². The number of alkyl halides is 1. The Morgan fingerprint density at radius 1 is 1.23 bits per heavy atom. The predicted molar refractivity (Wildman–Crippen MR) is 112 cm³/mol. The van der Waals surface area contributed by atoms with E-state index < -0.39 is 6.67 Å². The molecule has 9 heteroatoms. The Labute approximate surface area is 173 Å². The van der Waals surface area contributed by atoms with Gasteiger partial charge in [-0.1, -0.05) is 0 Å². The fourth-order valence-corrected chi connectivity index (χ4v) is 4.21. The van der Waals surface area contributed by atoms with Gasteiger partial charge in [-0.25, -0.2) is 23.9 Å². The minimum Gasteiger partial charge on any atom is -0.384 e. The molecule has 0 amide bonds. The summed E-state index contributed by atoms with van der Waals surface area (Å²) < 4.78 is 21.8. The van der Waals surface area contributed by atoms with Crippen LogP contribution in [0.25, 0.3) is 27.9 Å². The molecule has 30 heavy (non-hydrogen) atoms. The summed E-state index contributed by atoms with van der Waals surface area (Å²) in [6.45, 7) is 2.47. The molecule has 0 spiro atoms. The standard InChI is InChI=1S/C21H24FN7O/c1-13-24-18-4-3-17(26-20(18)28(13)8-6-22)16-5-7-29-19(16)11-23-21(27-29)25-15-9-14(10-15)12-30-2/h3-5,7,11,14-15H,6,8-10,12H2,1-2H3,(H,25,27)/t14-,15-. The number of nitrogens with one attached hydrogen (secondary N) is 1. The van der Waals surface area contributed by atoms with Crippen LogP contribution in [0.1, 0.15) is 18.7 Å². The molecule has 0 bridgehead atoms. The number of methoxy groups -OCH3 is 1. The smallest absolute Gasteiger partial charge is 0.241 e. The quantitative estimate of drug-likeness (QED) is 0.505. The molecule has 4 heterocycles. The highest BCUT2D eigenvalue weighted by Gasteiger charge is 2.29. The lowest BCUT2D eigenvalue weighted by Crippen LogP contribution is -2.38. The first-order valence-electron chi connectivity index (χ1n) is 10.2. The third kappa shape index (κ3) is 3.28. The Bertz CT molecular complexity index is 1190. The number of hydrogen-bond acceptors (Lipinski definition) is 6. The van der Waals surface area contributed by atoms with Gasteiger partial charge in [-0.15, -0.1) is 5.10 Å². The molecule has 1 N–H and O–H groups in total. The third-order valence-electron chi connectivity index (χ3n) is 5.76. The van der Waals surface area contributed by atoms with Gasteiger partial charge in [0.05, 0.1) is 24.0 Å². The maximum absolute atomic E-state index is 13.0. The molecule has 4 aromatic rings. The van der Waals surface area contributed by atoms with E-state index in [4.69, 9.17) is 9.72 Å². The lowest BCUT2D eigenvalue weighted by Gasteiger charge is -2.35. The predicted octanol–water partition coefficient (Wildman–Crippen LogP) is 3.26. The lowest BCUT2D eigenvalue weighted by molar-refractivity contribution is 0.104. The van der Waals surface area contributed by atoms with E-state index in [0.717, 1.165) is 47.6 Å². The zero-order valence-electron chi connectivity index (χ0n) is 17.0. The maximum Gasteiger partial charge on any atom is 0.241 e. The Morgan fingerprint density at radius 3 is 2.90 bits per heavy atom. The van der Waals surface area contributed by atoms with Crippen molar-refractivity contribution in [2.75, 3.05) is 25.7 Å². The number of fused-ring (bicyclic) bond motifs is 2. The normalized spacial score (nSPS) is 18.8. The van der Waals surface area contributed by atoms with Crippen molar-refractivity contribution in [2.45, 2.75) is 32.4 Å². The van der Waals surface area contributed by atoms with Gasteiger partial charge >= 0.3 is 0 Å². The number of nitrogens with zero attached hydrogens (tertiary/aromatic N) is 6. The molecule has 1 aliphatic rings. The summed E-state index contributed by atoms with van der Waals surface area (Å²) in [5.74, 6) is 1.99. The van der Waals surface area contributed by atoms with Crippen LogP contribution in [0.2, 0.25) is 0 Å². The third-order valence-corrected chi connectivity index (χ3v) is 5.76. The van der Waals surface area contributed by atoms with Crippen LogP contribution in [-0.4, -0.2) is 55.6 Å². The Hall–Kier alpha value is -3.07. The fraction of sp³-hybridized carbons (Fsp3) is 0.429. The molecular formula is C21H24FN7O.